The highest BCUT2D eigenvalue weighted by Crippen LogP contribution is 2.27. The van der Waals surface area contributed by atoms with Crippen molar-refractivity contribution in [1.29, 1.82) is 0 Å². The van der Waals surface area contributed by atoms with Crippen LogP contribution in [-0.4, -0.2) is 15.0 Å². The van der Waals surface area contributed by atoms with Gasteiger partial charge in [-0.05, 0) is 31.2 Å². The first-order chi connectivity index (χ1) is 9.20. The van der Waals surface area contributed by atoms with Crippen LogP contribution in [0.5, 0.6) is 0 Å². The highest BCUT2D eigenvalue weighted by atomic mass is 32.1. The summed E-state index contributed by atoms with van der Waals surface area (Å²) in [6, 6.07) is 7.62. The molecule has 0 radical (unpaired) electrons. The van der Waals surface area contributed by atoms with Crippen molar-refractivity contribution in [3.63, 3.8) is 0 Å². The number of anilines is 2. The first kappa shape index (κ1) is 11.9. The predicted molar refractivity (Wildman–Crippen MR) is 78.1 cm³/mol. The molecule has 2 heterocycles. The van der Waals surface area contributed by atoms with Gasteiger partial charge in [-0.2, -0.15) is 0 Å². The third-order valence-corrected chi connectivity index (χ3v) is 3.64. The van der Waals surface area contributed by atoms with E-state index in [1.807, 2.05) is 31.2 Å². The van der Waals surface area contributed by atoms with Crippen LogP contribution in [0, 0.1) is 6.92 Å². The van der Waals surface area contributed by atoms with E-state index in [-0.39, 0.29) is 0 Å². The molecule has 0 saturated carbocycles. The standard InChI is InChI=1S/C13H13N5S/c1-8-15-5-4-10(17-8)7-16-13-18-11-3-2-9(14)6-12(11)19-13/h2-6H,7,14H2,1H3,(H,16,18). The minimum Gasteiger partial charge on any atom is -0.399 e. The van der Waals surface area contributed by atoms with Gasteiger partial charge in [0.05, 0.1) is 22.5 Å². The Bertz CT molecular complexity index is 722. The van der Waals surface area contributed by atoms with Gasteiger partial charge in [-0.25, -0.2) is 15.0 Å². The smallest absolute Gasteiger partial charge is 0.184 e. The number of nitrogens with two attached hydrogens (primary N) is 1. The van der Waals surface area contributed by atoms with Gasteiger partial charge >= 0.3 is 0 Å². The van der Waals surface area contributed by atoms with Crippen LogP contribution in [-0.2, 0) is 6.54 Å². The highest BCUT2D eigenvalue weighted by Gasteiger charge is 2.04. The fraction of sp³-hybridized carbons (Fsp3) is 0.154. The molecule has 0 spiro atoms. The van der Waals surface area contributed by atoms with Gasteiger partial charge in [0.2, 0.25) is 0 Å². The molecule has 0 amide bonds. The van der Waals surface area contributed by atoms with Crippen LogP contribution in [0.1, 0.15) is 11.5 Å². The van der Waals surface area contributed by atoms with Crippen molar-refractivity contribution in [1.82, 2.24) is 15.0 Å². The van der Waals surface area contributed by atoms with E-state index >= 15 is 0 Å². The molecule has 5 nitrogen and oxygen atoms in total. The van der Waals surface area contributed by atoms with Crippen molar-refractivity contribution >= 4 is 32.4 Å². The van der Waals surface area contributed by atoms with Crippen molar-refractivity contribution in [2.24, 2.45) is 0 Å². The summed E-state index contributed by atoms with van der Waals surface area (Å²) in [6.45, 7) is 2.52. The van der Waals surface area contributed by atoms with Crippen LogP contribution < -0.4 is 11.1 Å². The van der Waals surface area contributed by atoms with Crippen LogP contribution in [0.3, 0.4) is 0 Å². The number of hydrogen-bond donors (Lipinski definition) is 2. The Hall–Kier alpha value is -2.21. The molecule has 3 aromatic rings. The Morgan fingerprint density at radius 2 is 2.16 bits per heavy atom. The molecule has 0 aliphatic heterocycles. The van der Waals surface area contributed by atoms with E-state index in [9.17, 15) is 0 Å². The van der Waals surface area contributed by atoms with E-state index in [1.165, 1.54) is 0 Å². The van der Waals surface area contributed by atoms with E-state index in [0.29, 0.717) is 6.54 Å². The highest BCUT2D eigenvalue weighted by molar-refractivity contribution is 7.22. The quantitative estimate of drug-likeness (QED) is 0.716. The molecule has 0 bridgehead atoms. The van der Waals surface area contributed by atoms with Crippen molar-refractivity contribution < 1.29 is 0 Å². The summed E-state index contributed by atoms with van der Waals surface area (Å²) in [5, 5.41) is 4.15. The average molecular weight is 271 g/mol. The second kappa shape index (κ2) is 4.81. The Morgan fingerprint density at radius 3 is 3.00 bits per heavy atom. The largest absolute Gasteiger partial charge is 0.399 e. The van der Waals surface area contributed by atoms with Crippen molar-refractivity contribution in [2.45, 2.75) is 13.5 Å². The lowest BCUT2D eigenvalue weighted by molar-refractivity contribution is 0.954. The second-order valence-electron chi connectivity index (χ2n) is 4.19. The number of rotatable bonds is 3. The Balaban J connectivity index is 1.78. The maximum Gasteiger partial charge on any atom is 0.184 e. The van der Waals surface area contributed by atoms with Crippen LogP contribution in [0.2, 0.25) is 0 Å². The van der Waals surface area contributed by atoms with Gasteiger partial charge in [-0.1, -0.05) is 11.3 Å². The molecule has 1 aromatic carbocycles. The predicted octanol–water partition coefficient (Wildman–Crippen LogP) is 2.59. The zero-order valence-corrected chi connectivity index (χ0v) is 11.2. The molecule has 0 atom stereocenters. The van der Waals surface area contributed by atoms with Crippen molar-refractivity contribution in [3.05, 3.63) is 42.0 Å². The lowest BCUT2D eigenvalue weighted by Gasteiger charge is -2.01. The number of hydrogen-bond acceptors (Lipinski definition) is 6. The zero-order chi connectivity index (χ0) is 13.2. The van der Waals surface area contributed by atoms with E-state index in [0.717, 1.165) is 32.6 Å². The lowest BCUT2D eigenvalue weighted by Crippen LogP contribution is -2.02. The maximum absolute atomic E-state index is 5.76. The van der Waals surface area contributed by atoms with Gasteiger partial charge in [0, 0.05) is 11.9 Å². The fourth-order valence-electron chi connectivity index (χ4n) is 1.79. The van der Waals surface area contributed by atoms with Gasteiger partial charge in [0.1, 0.15) is 5.82 Å². The van der Waals surface area contributed by atoms with E-state index < -0.39 is 0 Å². The summed E-state index contributed by atoms with van der Waals surface area (Å²) >= 11 is 1.59. The molecule has 0 aliphatic carbocycles. The Morgan fingerprint density at radius 1 is 1.26 bits per heavy atom. The SMILES string of the molecule is Cc1nccc(CNc2nc3ccc(N)cc3s2)n1. The fourth-order valence-corrected chi connectivity index (χ4v) is 2.70. The van der Waals surface area contributed by atoms with E-state index in [2.05, 4.69) is 20.3 Å². The van der Waals surface area contributed by atoms with Crippen LogP contribution >= 0.6 is 11.3 Å². The average Bonchev–Trinajstić information content (AvgIpc) is 2.78. The van der Waals surface area contributed by atoms with E-state index in [4.69, 9.17) is 5.73 Å². The Labute approximate surface area is 114 Å². The minimum absolute atomic E-state index is 0.638. The summed E-state index contributed by atoms with van der Waals surface area (Å²) in [6.07, 6.45) is 1.76. The summed E-state index contributed by atoms with van der Waals surface area (Å²) in [5.41, 5.74) is 8.42. The molecule has 0 fully saturated rings. The minimum atomic E-state index is 0.638. The topological polar surface area (TPSA) is 76.7 Å². The third-order valence-electron chi connectivity index (χ3n) is 2.67. The van der Waals surface area contributed by atoms with Crippen LogP contribution in [0.15, 0.2) is 30.5 Å². The lowest BCUT2D eigenvalue weighted by atomic mass is 10.3. The van der Waals surface area contributed by atoms with Gasteiger partial charge in [0.25, 0.3) is 0 Å². The molecule has 3 N–H and O–H groups in total. The third kappa shape index (κ3) is 2.63. The molecule has 2 aromatic heterocycles. The van der Waals surface area contributed by atoms with Gasteiger partial charge in [-0.15, -0.1) is 0 Å². The molecule has 0 aliphatic rings. The summed E-state index contributed by atoms with van der Waals surface area (Å²) < 4.78 is 1.08. The molecule has 0 unspecified atom stereocenters. The zero-order valence-electron chi connectivity index (χ0n) is 10.4. The van der Waals surface area contributed by atoms with Gasteiger partial charge < -0.3 is 11.1 Å². The normalized spacial score (nSPS) is 10.8. The van der Waals surface area contributed by atoms with Crippen molar-refractivity contribution in [3.8, 4) is 0 Å². The number of thiazole rings is 1. The number of nitrogens with zero attached hydrogens (tertiary/aromatic N) is 3. The number of aromatic nitrogens is 3. The molecular formula is C13H13N5S. The van der Waals surface area contributed by atoms with Crippen molar-refractivity contribution in [2.75, 3.05) is 11.1 Å². The molecule has 19 heavy (non-hydrogen) atoms. The molecule has 3 rings (SSSR count). The monoisotopic (exact) mass is 271 g/mol. The summed E-state index contributed by atoms with van der Waals surface area (Å²) in [7, 11) is 0. The first-order valence-electron chi connectivity index (χ1n) is 5.89. The molecule has 96 valence electrons. The first-order valence-corrected chi connectivity index (χ1v) is 6.71. The van der Waals surface area contributed by atoms with E-state index in [1.54, 1.807) is 17.5 Å². The number of nitrogens with one attached hydrogen (secondary N) is 1. The summed E-state index contributed by atoms with van der Waals surface area (Å²) in [5.74, 6) is 0.774. The maximum atomic E-state index is 5.76. The molecule has 6 heteroatoms. The number of fused-ring (bicyclic) bond motifs is 1. The number of aryl methyl sites for hydroxylation is 1. The molecular weight excluding hydrogens is 258 g/mol. The Kier molecular flexibility index (Phi) is 3.00. The van der Waals surface area contributed by atoms with Crippen LogP contribution in [0.4, 0.5) is 10.8 Å². The second-order valence-corrected chi connectivity index (χ2v) is 5.23. The number of nitrogen functional groups attached to an aromatic ring is 1. The van der Waals surface area contributed by atoms with Gasteiger partial charge in [0.15, 0.2) is 5.13 Å². The van der Waals surface area contributed by atoms with Gasteiger partial charge in [-0.3, -0.25) is 0 Å². The van der Waals surface area contributed by atoms with Crippen LogP contribution in [0.25, 0.3) is 10.2 Å². The summed E-state index contributed by atoms with van der Waals surface area (Å²) in [4.78, 5) is 12.9. The molecule has 0 saturated heterocycles. The number of benzene rings is 1.